The second-order valence-electron chi connectivity index (χ2n) is 5.93. The number of rotatable bonds is 5. The van der Waals surface area contributed by atoms with Crippen LogP contribution < -0.4 is 11.1 Å². The Balaban J connectivity index is 1.55. The molecule has 1 aliphatic carbocycles. The number of aromatic nitrogens is 1. The van der Waals surface area contributed by atoms with Crippen LogP contribution in [-0.4, -0.2) is 24.0 Å². The van der Waals surface area contributed by atoms with Crippen molar-refractivity contribution < 1.29 is 4.79 Å². The summed E-state index contributed by atoms with van der Waals surface area (Å²) in [5, 5.41) is 4.33. The first-order chi connectivity index (χ1) is 10.3. The molecule has 4 N–H and O–H groups in total. The number of carbonyl (C=O) groups is 1. The third-order valence-corrected chi connectivity index (χ3v) is 4.67. The second-order valence-corrected chi connectivity index (χ2v) is 5.93. The van der Waals surface area contributed by atoms with Gasteiger partial charge in [-0.3, -0.25) is 4.79 Å². The lowest BCUT2D eigenvalue weighted by Crippen LogP contribution is -2.36. The number of hydrogen-bond acceptors (Lipinski definition) is 2. The van der Waals surface area contributed by atoms with Gasteiger partial charge in [0, 0.05) is 29.6 Å². The molecule has 2 atom stereocenters. The van der Waals surface area contributed by atoms with E-state index in [1.165, 1.54) is 10.9 Å². The van der Waals surface area contributed by atoms with Crippen LogP contribution in [0, 0.1) is 11.8 Å². The predicted octanol–water partition coefficient (Wildman–Crippen LogP) is 2.20. The van der Waals surface area contributed by atoms with Crippen molar-refractivity contribution in [2.75, 3.05) is 13.1 Å². The molecule has 21 heavy (non-hydrogen) atoms. The summed E-state index contributed by atoms with van der Waals surface area (Å²) in [5.74, 6) is 0.679. The van der Waals surface area contributed by atoms with Gasteiger partial charge in [0.1, 0.15) is 0 Å². The highest BCUT2D eigenvalue weighted by atomic mass is 16.1. The molecule has 4 nitrogen and oxygen atoms in total. The van der Waals surface area contributed by atoms with Crippen molar-refractivity contribution in [2.45, 2.75) is 25.7 Å². The van der Waals surface area contributed by atoms with E-state index in [9.17, 15) is 4.79 Å². The first kappa shape index (κ1) is 14.1. The zero-order chi connectivity index (χ0) is 14.7. The summed E-state index contributed by atoms with van der Waals surface area (Å²) in [4.78, 5) is 15.5. The Kier molecular flexibility index (Phi) is 4.25. The lowest BCUT2D eigenvalue weighted by molar-refractivity contribution is -0.125. The molecule has 0 radical (unpaired) electrons. The van der Waals surface area contributed by atoms with Gasteiger partial charge in [-0.15, -0.1) is 0 Å². The molecule has 112 valence electrons. The van der Waals surface area contributed by atoms with Crippen LogP contribution in [0.4, 0.5) is 0 Å². The summed E-state index contributed by atoms with van der Waals surface area (Å²) in [6.45, 7) is 1.31. The number of hydrogen-bond donors (Lipinski definition) is 3. The van der Waals surface area contributed by atoms with Gasteiger partial charge in [0.2, 0.25) is 5.91 Å². The Labute approximate surface area is 125 Å². The Morgan fingerprint density at radius 2 is 2.19 bits per heavy atom. The zero-order valence-corrected chi connectivity index (χ0v) is 12.3. The van der Waals surface area contributed by atoms with Crippen molar-refractivity contribution in [2.24, 2.45) is 17.6 Å². The third kappa shape index (κ3) is 2.95. The minimum atomic E-state index is 0.123. The molecule has 0 aliphatic heterocycles. The van der Waals surface area contributed by atoms with Gasteiger partial charge in [-0.25, -0.2) is 0 Å². The quantitative estimate of drug-likeness (QED) is 0.788. The van der Waals surface area contributed by atoms with E-state index in [1.54, 1.807) is 0 Å². The fourth-order valence-electron chi connectivity index (χ4n) is 3.45. The van der Waals surface area contributed by atoms with Crippen LogP contribution in [0.15, 0.2) is 30.5 Å². The zero-order valence-electron chi connectivity index (χ0n) is 12.3. The van der Waals surface area contributed by atoms with Gasteiger partial charge in [0.15, 0.2) is 0 Å². The van der Waals surface area contributed by atoms with Crippen molar-refractivity contribution in [3.63, 3.8) is 0 Å². The molecule has 1 aliphatic rings. The van der Waals surface area contributed by atoms with Gasteiger partial charge < -0.3 is 16.0 Å². The van der Waals surface area contributed by atoms with Crippen LogP contribution in [0.3, 0.4) is 0 Å². The molecule has 1 aromatic heterocycles. The van der Waals surface area contributed by atoms with Gasteiger partial charge in [0.25, 0.3) is 0 Å². The predicted molar refractivity (Wildman–Crippen MR) is 84.9 cm³/mol. The number of para-hydroxylation sites is 1. The van der Waals surface area contributed by atoms with E-state index in [4.69, 9.17) is 5.73 Å². The van der Waals surface area contributed by atoms with Crippen LogP contribution in [0.5, 0.6) is 0 Å². The number of nitrogens with two attached hydrogens (primary N) is 1. The maximum atomic E-state index is 12.2. The molecule has 1 saturated carbocycles. The van der Waals surface area contributed by atoms with E-state index in [0.717, 1.165) is 31.2 Å². The van der Waals surface area contributed by atoms with Gasteiger partial charge in [0.05, 0.1) is 0 Å². The Morgan fingerprint density at radius 3 is 3.05 bits per heavy atom. The minimum absolute atomic E-state index is 0.123. The number of benzene rings is 1. The van der Waals surface area contributed by atoms with Crippen LogP contribution in [-0.2, 0) is 11.2 Å². The summed E-state index contributed by atoms with van der Waals surface area (Å²) in [6, 6.07) is 8.26. The fourth-order valence-corrected chi connectivity index (χ4v) is 3.45. The van der Waals surface area contributed by atoms with Crippen molar-refractivity contribution in [3.8, 4) is 0 Å². The van der Waals surface area contributed by atoms with E-state index in [-0.39, 0.29) is 11.8 Å². The Morgan fingerprint density at radius 1 is 1.33 bits per heavy atom. The van der Waals surface area contributed by atoms with Crippen molar-refractivity contribution in [1.29, 1.82) is 0 Å². The second kappa shape index (κ2) is 6.31. The SMILES string of the molecule is NCC1CCCC1C(=O)NCCc1c[nH]c2ccccc12. The first-order valence-electron chi connectivity index (χ1n) is 7.82. The molecule has 4 heteroatoms. The fraction of sp³-hybridized carbons (Fsp3) is 0.471. The highest BCUT2D eigenvalue weighted by Crippen LogP contribution is 2.30. The molecule has 0 bridgehead atoms. The van der Waals surface area contributed by atoms with Gasteiger partial charge >= 0.3 is 0 Å². The molecule has 2 aromatic rings. The summed E-state index contributed by atoms with van der Waals surface area (Å²) in [7, 11) is 0. The van der Waals surface area contributed by atoms with Gasteiger partial charge in [-0.1, -0.05) is 24.6 Å². The van der Waals surface area contributed by atoms with Crippen LogP contribution in [0.2, 0.25) is 0 Å². The molecule has 0 spiro atoms. The molecular weight excluding hydrogens is 262 g/mol. The number of amides is 1. The standard InChI is InChI=1S/C17H23N3O/c18-10-12-4-3-6-15(12)17(21)19-9-8-13-11-20-16-7-2-1-5-14(13)16/h1-2,5,7,11-12,15,20H,3-4,6,8-10,18H2,(H,19,21). The molecule has 2 unspecified atom stereocenters. The van der Waals surface area contributed by atoms with Crippen LogP contribution in [0.25, 0.3) is 10.9 Å². The third-order valence-electron chi connectivity index (χ3n) is 4.67. The van der Waals surface area contributed by atoms with E-state index in [1.807, 2.05) is 18.3 Å². The topological polar surface area (TPSA) is 70.9 Å². The number of aromatic amines is 1. The normalized spacial score (nSPS) is 21.8. The number of fused-ring (bicyclic) bond motifs is 1. The Bertz CT molecular complexity index is 619. The van der Waals surface area contributed by atoms with E-state index in [0.29, 0.717) is 19.0 Å². The number of H-pyrrole nitrogens is 1. The van der Waals surface area contributed by atoms with Crippen LogP contribution in [0.1, 0.15) is 24.8 Å². The number of nitrogens with one attached hydrogen (secondary N) is 2. The lowest BCUT2D eigenvalue weighted by Gasteiger charge is -2.17. The van der Waals surface area contributed by atoms with Gasteiger partial charge in [-0.05, 0) is 43.4 Å². The number of carbonyl (C=O) groups excluding carboxylic acids is 1. The average molecular weight is 285 g/mol. The minimum Gasteiger partial charge on any atom is -0.361 e. The summed E-state index contributed by atoms with van der Waals surface area (Å²) < 4.78 is 0. The highest BCUT2D eigenvalue weighted by Gasteiger charge is 2.31. The summed E-state index contributed by atoms with van der Waals surface area (Å²) in [6.07, 6.45) is 6.10. The Hall–Kier alpha value is -1.81. The average Bonchev–Trinajstić information content (AvgIpc) is 3.14. The van der Waals surface area contributed by atoms with Crippen molar-refractivity contribution in [1.82, 2.24) is 10.3 Å². The van der Waals surface area contributed by atoms with E-state index < -0.39 is 0 Å². The van der Waals surface area contributed by atoms with Crippen molar-refractivity contribution in [3.05, 3.63) is 36.0 Å². The van der Waals surface area contributed by atoms with E-state index >= 15 is 0 Å². The molecule has 1 fully saturated rings. The molecule has 1 amide bonds. The highest BCUT2D eigenvalue weighted by molar-refractivity contribution is 5.83. The lowest BCUT2D eigenvalue weighted by atomic mass is 9.95. The van der Waals surface area contributed by atoms with Crippen LogP contribution >= 0.6 is 0 Å². The first-order valence-corrected chi connectivity index (χ1v) is 7.82. The van der Waals surface area contributed by atoms with Crippen molar-refractivity contribution >= 4 is 16.8 Å². The summed E-state index contributed by atoms with van der Waals surface area (Å²) >= 11 is 0. The largest absolute Gasteiger partial charge is 0.361 e. The maximum absolute atomic E-state index is 12.2. The molecular formula is C17H23N3O. The molecule has 3 rings (SSSR count). The summed E-state index contributed by atoms with van der Waals surface area (Å²) in [5.41, 5.74) is 8.15. The van der Waals surface area contributed by atoms with Gasteiger partial charge in [-0.2, -0.15) is 0 Å². The van der Waals surface area contributed by atoms with E-state index in [2.05, 4.69) is 22.4 Å². The smallest absolute Gasteiger partial charge is 0.223 e. The molecule has 0 saturated heterocycles. The molecule has 1 heterocycles. The maximum Gasteiger partial charge on any atom is 0.223 e. The monoisotopic (exact) mass is 285 g/mol. The molecule has 1 aromatic carbocycles.